The number of rotatable bonds is 3. The van der Waals surface area contributed by atoms with Gasteiger partial charge < -0.3 is 15.4 Å². The summed E-state index contributed by atoms with van der Waals surface area (Å²) in [6, 6.07) is 0. The second-order valence-corrected chi connectivity index (χ2v) is 7.68. The van der Waals surface area contributed by atoms with Crippen LogP contribution >= 0.6 is 0 Å². The van der Waals surface area contributed by atoms with E-state index in [1.165, 1.54) is 19.3 Å². The zero-order valence-corrected chi connectivity index (χ0v) is 12.3. The fourth-order valence-corrected chi connectivity index (χ4v) is 3.46. The Morgan fingerprint density at radius 2 is 2.00 bits per heavy atom. The van der Waals surface area contributed by atoms with E-state index < -0.39 is 5.60 Å². The van der Waals surface area contributed by atoms with Gasteiger partial charge in [-0.1, -0.05) is 0 Å². The van der Waals surface area contributed by atoms with E-state index in [0.29, 0.717) is 5.54 Å². The summed E-state index contributed by atoms with van der Waals surface area (Å²) < 4.78 is 5.38. The molecule has 0 aromatic rings. The Morgan fingerprint density at radius 1 is 1.32 bits per heavy atom. The van der Waals surface area contributed by atoms with Crippen LogP contribution in [0, 0.1) is 5.92 Å². The van der Waals surface area contributed by atoms with E-state index in [-0.39, 0.29) is 11.6 Å². The van der Waals surface area contributed by atoms with Crippen LogP contribution in [0.4, 0.5) is 4.79 Å². The van der Waals surface area contributed by atoms with Crippen molar-refractivity contribution in [1.29, 1.82) is 0 Å². The normalized spacial score (nSPS) is 30.2. The minimum Gasteiger partial charge on any atom is -0.444 e. The molecule has 0 bridgehead atoms. The molecule has 3 fully saturated rings. The Hall–Kier alpha value is -0.770. The van der Waals surface area contributed by atoms with Crippen molar-refractivity contribution in [3.05, 3.63) is 0 Å². The Morgan fingerprint density at radius 3 is 2.53 bits per heavy atom. The van der Waals surface area contributed by atoms with E-state index in [4.69, 9.17) is 4.74 Å². The Labute approximate surface area is 115 Å². The first-order chi connectivity index (χ1) is 8.83. The number of carbonyl (C=O) groups excluding carboxylic acids is 1. The third-order valence-corrected chi connectivity index (χ3v) is 4.80. The van der Waals surface area contributed by atoms with Gasteiger partial charge >= 0.3 is 6.09 Å². The predicted molar refractivity (Wildman–Crippen MR) is 74.0 cm³/mol. The summed E-state index contributed by atoms with van der Waals surface area (Å²) in [4.78, 5) is 11.9. The number of hydrogen-bond acceptors (Lipinski definition) is 3. The van der Waals surface area contributed by atoms with Crippen molar-refractivity contribution in [3.63, 3.8) is 0 Å². The average molecular weight is 266 g/mol. The van der Waals surface area contributed by atoms with Crippen LogP contribution in [0.1, 0.15) is 59.3 Å². The highest BCUT2D eigenvalue weighted by atomic mass is 16.6. The van der Waals surface area contributed by atoms with Crippen LogP contribution in [0.2, 0.25) is 0 Å². The molecule has 1 heterocycles. The van der Waals surface area contributed by atoms with Gasteiger partial charge in [0.05, 0.1) is 0 Å². The lowest BCUT2D eigenvalue weighted by Gasteiger charge is -2.27. The van der Waals surface area contributed by atoms with E-state index in [9.17, 15) is 4.79 Å². The maximum Gasteiger partial charge on any atom is 0.408 e. The number of carbonyl (C=O) groups is 1. The summed E-state index contributed by atoms with van der Waals surface area (Å²) in [6.07, 6.45) is 7.00. The van der Waals surface area contributed by atoms with Crippen LogP contribution in [0.15, 0.2) is 0 Å². The first-order valence-corrected chi connectivity index (χ1v) is 7.59. The van der Waals surface area contributed by atoms with Crippen LogP contribution in [-0.2, 0) is 4.74 Å². The summed E-state index contributed by atoms with van der Waals surface area (Å²) in [6.45, 7) is 6.87. The van der Waals surface area contributed by atoms with E-state index in [2.05, 4.69) is 10.6 Å². The van der Waals surface area contributed by atoms with Gasteiger partial charge in [0.15, 0.2) is 0 Å². The van der Waals surface area contributed by atoms with Crippen LogP contribution in [0.3, 0.4) is 0 Å². The summed E-state index contributed by atoms with van der Waals surface area (Å²) in [5.74, 6) is 0.741. The molecule has 2 N–H and O–H groups in total. The van der Waals surface area contributed by atoms with Crippen LogP contribution < -0.4 is 10.6 Å². The molecular formula is C15H26N2O2. The molecule has 3 aliphatic rings. The molecule has 108 valence electrons. The first-order valence-electron chi connectivity index (χ1n) is 7.59. The molecule has 4 heteroatoms. The molecule has 0 aromatic heterocycles. The van der Waals surface area contributed by atoms with Crippen molar-refractivity contribution >= 4 is 6.09 Å². The molecule has 0 aromatic carbocycles. The number of hydrogen-bond donors (Lipinski definition) is 2. The SMILES string of the molecule is CC(C)(C)OC(=O)NC1(CC2CCNC23CC3)CC1. The fraction of sp³-hybridized carbons (Fsp3) is 0.933. The zero-order valence-electron chi connectivity index (χ0n) is 12.3. The second-order valence-electron chi connectivity index (χ2n) is 7.68. The molecule has 1 unspecified atom stereocenters. The number of nitrogens with one attached hydrogen (secondary N) is 2. The molecule has 1 amide bonds. The van der Waals surface area contributed by atoms with Gasteiger partial charge in [0.2, 0.25) is 0 Å². The van der Waals surface area contributed by atoms with Gasteiger partial charge in [0, 0.05) is 11.1 Å². The van der Waals surface area contributed by atoms with E-state index in [1.807, 2.05) is 20.8 Å². The van der Waals surface area contributed by atoms with Crippen LogP contribution in [0.5, 0.6) is 0 Å². The standard InChI is InChI=1S/C15H26N2O2/c1-13(2,3)19-12(18)17-14(5-6-14)10-11-4-9-16-15(11)7-8-15/h11,16H,4-10H2,1-3H3,(H,17,18). The molecular weight excluding hydrogens is 240 g/mol. The lowest BCUT2D eigenvalue weighted by molar-refractivity contribution is 0.0486. The van der Waals surface area contributed by atoms with Crippen molar-refractivity contribution in [3.8, 4) is 0 Å². The number of amides is 1. The zero-order chi connectivity index (χ0) is 13.7. The van der Waals surface area contributed by atoms with Gasteiger partial charge in [-0.3, -0.25) is 0 Å². The van der Waals surface area contributed by atoms with Gasteiger partial charge in [-0.05, 0) is 71.8 Å². The van der Waals surface area contributed by atoms with Crippen LogP contribution in [-0.4, -0.2) is 29.3 Å². The Balaban J connectivity index is 1.54. The Bertz CT molecular complexity index is 378. The quantitative estimate of drug-likeness (QED) is 0.825. The molecule has 4 nitrogen and oxygen atoms in total. The minimum absolute atomic E-state index is 0.0363. The lowest BCUT2D eigenvalue weighted by Crippen LogP contribution is -2.43. The van der Waals surface area contributed by atoms with Crippen molar-refractivity contribution in [2.75, 3.05) is 6.54 Å². The van der Waals surface area contributed by atoms with E-state index in [0.717, 1.165) is 31.7 Å². The molecule has 2 saturated carbocycles. The smallest absolute Gasteiger partial charge is 0.408 e. The highest BCUT2D eigenvalue weighted by molar-refractivity contribution is 5.69. The van der Waals surface area contributed by atoms with Gasteiger partial charge in [0.25, 0.3) is 0 Å². The summed E-state index contributed by atoms with van der Waals surface area (Å²) in [5.41, 5.74) is 0.0621. The van der Waals surface area contributed by atoms with Crippen molar-refractivity contribution < 1.29 is 9.53 Å². The van der Waals surface area contributed by atoms with Crippen molar-refractivity contribution in [2.45, 2.75) is 76.0 Å². The maximum absolute atomic E-state index is 11.9. The predicted octanol–water partition coefficient (Wildman–Crippen LogP) is 2.58. The molecule has 19 heavy (non-hydrogen) atoms. The van der Waals surface area contributed by atoms with Crippen molar-refractivity contribution in [1.82, 2.24) is 10.6 Å². The fourth-order valence-electron chi connectivity index (χ4n) is 3.46. The highest BCUT2D eigenvalue weighted by Crippen LogP contribution is 2.53. The molecule has 3 rings (SSSR count). The van der Waals surface area contributed by atoms with Gasteiger partial charge in [-0.25, -0.2) is 4.79 Å². The molecule has 1 aliphatic heterocycles. The van der Waals surface area contributed by atoms with Crippen molar-refractivity contribution in [2.24, 2.45) is 5.92 Å². The Kier molecular flexibility index (Phi) is 2.86. The third-order valence-electron chi connectivity index (χ3n) is 4.80. The molecule has 1 spiro atoms. The van der Waals surface area contributed by atoms with Gasteiger partial charge in [-0.15, -0.1) is 0 Å². The van der Waals surface area contributed by atoms with Gasteiger partial charge in [-0.2, -0.15) is 0 Å². The third kappa shape index (κ3) is 2.88. The molecule has 2 aliphatic carbocycles. The first kappa shape index (κ1) is 13.2. The largest absolute Gasteiger partial charge is 0.444 e. The van der Waals surface area contributed by atoms with E-state index >= 15 is 0 Å². The second kappa shape index (κ2) is 4.11. The summed E-state index contributed by atoms with van der Waals surface area (Å²) in [7, 11) is 0. The molecule has 1 atom stereocenters. The average Bonchev–Trinajstić information content (AvgIpc) is 3.09. The molecule has 0 radical (unpaired) electrons. The highest BCUT2D eigenvalue weighted by Gasteiger charge is 2.56. The number of alkyl carbamates (subject to hydrolysis) is 1. The summed E-state index contributed by atoms with van der Waals surface area (Å²) in [5, 5.41) is 6.78. The number of ether oxygens (including phenoxy) is 1. The summed E-state index contributed by atoms with van der Waals surface area (Å²) >= 11 is 0. The van der Waals surface area contributed by atoms with E-state index in [1.54, 1.807) is 0 Å². The minimum atomic E-state index is -0.410. The monoisotopic (exact) mass is 266 g/mol. The lowest BCUT2D eigenvalue weighted by atomic mass is 9.89. The van der Waals surface area contributed by atoms with Gasteiger partial charge in [0.1, 0.15) is 5.60 Å². The van der Waals surface area contributed by atoms with Crippen LogP contribution in [0.25, 0.3) is 0 Å². The molecule has 1 saturated heterocycles. The topological polar surface area (TPSA) is 50.4 Å². The maximum atomic E-state index is 11.9.